The molecule has 0 fully saturated rings. The summed E-state index contributed by atoms with van der Waals surface area (Å²) in [5.74, 6) is -0.895. The van der Waals surface area contributed by atoms with E-state index in [2.05, 4.69) is 10.1 Å². The SMILES string of the molecule is COc1cccc(C(=O)Oc2ccc(/C=C3\C(=N)N4N=C(S(=O)(=O)CC(C)C)SC4=NC3=O)cc2)c1. The number of carbonyl (C=O) groups excluding carboxylic acids is 2. The first-order chi connectivity index (χ1) is 17.1. The summed E-state index contributed by atoms with van der Waals surface area (Å²) in [4.78, 5) is 28.9. The van der Waals surface area contributed by atoms with Crippen molar-refractivity contribution in [3.63, 3.8) is 0 Å². The molecule has 2 aromatic carbocycles. The second-order valence-corrected chi connectivity index (χ2v) is 11.4. The van der Waals surface area contributed by atoms with E-state index in [1.165, 1.54) is 13.2 Å². The van der Waals surface area contributed by atoms with E-state index in [-0.39, 0.29) is 38.4 Å². The van der Waals surface area contributed by atoms with Crippen LogP contribution >= 0.6 is 11.8 Å². The maximum absolute atomic E-state index is 12.6. The minimum absolute atomic E-state index is 0.0317. The van der Waals surface area contributed by atoms with Crippen molar-refractivity contribution in [1.29, 1.82) is 5.41 Å². The van der Waals surface area contributed by atoms with Gasteiger partial charge in [0.15, 0.2) is 5.84 Å². The number of hydrogen-bond acceptors (Lipinski definition) is 9. The Hall–Kier alpha value is -3.77. The molecule has 2 aromatic rings. The van der Waals surface area contributed by atoms with Crippen LogP contribution in [0.5, 0.6) is 11.5 Å². The van der Waals surface area contributed by atoms with E-state index in [4.69, 9.17) is 14.9 Å². The van der Waals surface area contributed by atoms with Crippen molar-refractivity contribution in [2.45, 2.75) is 13.8 Å². The Morgan fingerprint density at radius 1 is 1.17 bits per heavy atom. The van der Waals surface area contributed by atoms with E-state index in [1.54, 1.807) is 62.4 Å². The third-order valence-electron chi connectivity index (χ3n) is 4.96. The Bertz CT molecular complexity index is 1440. The molecule has 0 unspecified atom stereocenters. The largest absolute Gasteiger partial charge is 0.497 e. The topological polar surface area (TPSA) is 139 Å². The van der Waals surface area contributed by atoms with Crippen molar-refractivity contribution in [2.75, 3.05) is 12.9 Å². The average Bonchev–Trinajstić information content (AvgIpc) is 3.27. The Morgan fingerprint density at radius 3 is 2.56 bits per heavy atom. The molecule has 4 rings (SSSR count). The molecular weight excluding hydrogens is 504 g/mol. The van der Waals surface area contributed by atoms with Crippen LogP contribution in [0.25, 0.3) is 6.08 Å². The molecular formula is C24H22N4O6S2. The second kappa shape index (κ2) is 10.1. The van der Waals surface area contributed by atoms with Gasteiger partial charge in [0.05, 0.1) is 24.0 Å². The number of benzene rings is 2. The summed E-state index contributed by atoms with van der Waals surface area (Å²) in [6.07, 6.45) is 1.44. The fourth-order valence-corrected chi connectivity index (χ4v) is 6.11. The first kappa shape index (κ1) is 25.3. The number of fused-ring (bicyclic) bond motifs is 1. The number of nitrogens with zero attached hydrogens (tertiary/aromatic N) is 3. The van der Waals surface area contributed by atoms with Gasteiger partial charge >= 0.3 is 5.97 Å². The molecule has 0 bridgehead atoms. The number of methoxy groups -OCH3 is 1. The minimum atomic E-state index is -3.66. The first-order valence-corrected chi connectivity index (χ1v) is 13.2. The van der Waals surface area contributed by atoms with Crippen LogP contribution in [0.3, 0.4) is 0 Å². The number of rotatable bonds is 6. The van der Waals surface area contributed by atoms with Gasteiger partial charge in [-0.3, -0.25) is 10.2 Å². The van der Waals surface area contributed by atoms with Crippen LogP contribution in [-0.4, -0.2) is 53.5 Å². The summed E-state index contributed by atoms with van der Waals surface area (Å²) in [6, 6.07) is 12.9. The number of hydrazone groups is 1. The summed E-state index contributed by atoms with van der Waals surface area (Å²) < 4.78 is 35.4. The van der Waals surface area contributed by atoms with E-state index in [9.17, 15) is 18.0 Å². The van der Waals surface area contributed by atoms with Gasteiger partial charge in [-0.25, -0.2) is 13.2 Å². The quantitative estimate of drug-likeness (QED) is 0.342. The van der Waals surface area contributed by atoms with Gasteiger partial charge in [-0.05, 0) is 59.7 Å². The Balaban J connectivity index is 1.51. The van der Waals surface area contributed by atoms with E-state index in [0.29, 0.717) is 16.9 Å². The lowest BCUT2D eigenvalue weighted by molar-refractivity contribution is -0.114. The molecule has 0 aliphatic carbocycles. The van der Waals surface area contributed by atoms with E-state index < -0.39 is 21.7 Å². The highest BCUT2D eigenvalue weighted by Gasteiger charge is 2.39. The van der Waals surface area contributed by atoms with Crippen LogP contribution in [0.2, 0.25) is 0 Å². The normalized spacial score (nSPS) is 16.7. The third-order valence-corrected chi connectivity index (χ3v) is 8.40. The molecule has 2 aliphatic heterocycles. The van der Waals surface area contributed by atoms with Crippen LogP contribution in [0.1, 0.15) is 29.8 Å². The molecule has 0 atom stereocenters. The van der Waals surface area contributed by atoms with Crippen LogP contribution < -0.4 is 9.47 Å². The van der Waals surface area contributed by atoms with Crippen molar-refractivity contribution in [3.05, 3.63) is 65.2 Å². The van der Waals surface area contributed by atoms with Gasteiger partial charge in [-0.1, -0.05) is 32.0 Å². The molecule has 2 aliphatic rings. The van der Waals surface area contributed by atoms with Gasteiger partial charge in [0.2, 0.25) is 19.4 Å². The van der Waals surface area contributed by atoms with Crippen molar-refractivity contribution >= 4 is 54.9 Å². The van der Waals surface area contributed by atoms with Gasteiger partial charge < -0.3 is 9.47 Å². The number of hydrogen-bond donors (Lipinski definition) is 1. The van der Waals surface area contributed by atoms with Crippen molar-refractivity contribution in [2.24, 2.45) is 16.0 Å². The lowest BCUT2D eigenvalue weighted by atomic mass is 10.1. The molecule has 2 heterocycles. The lowest BCUT2D eigenvalue weighted by Gasteiger charge is -2.20. The third kappa shape index (κ3) is 5.39. The number of amidine groups is 2. The van der Waals surface area contributed by atoms with Crippen LogP contribution in [0.4, 0.5) is 0 Å². The molecule has 0 saturated carbocycles. The molecule has 36 heavy (non-hydrogen) atoms. The molecule has 10 nitrogen and oxygen atoms in total. The number of esters is 1. The summed E-state index contributed by atoms with van der Waals surface area (Å²) in [6.45, 7) is 3.56. The standard InChI is InChI=1S/C24H22N4O6S2/c1-14(2)13-36(31,32)24-27-28-20(25)19(21(29)26-23(28)35-24)11-15-7-9-17(10-8-15)34-22(30)16-5-4-6-18(12-16)33-3/h4-12,14,25H,13H2,1-3H3/b19-11+,25-20?. The van der Waals surface area contributed by atoms with Gasteiger partial charge in [-0.2, -0.15) is 10.0 Å². The number of thioether (sulfide) groups is 1. The number of sulfone groups is 1. The highest BCUT2D eigenvalue weighted by molar-refractivity contribution is 8.42. The lowest BCUT2D eigenvalue weighted by Crippen LogP contribution is -2.35. The van der Waals surface area contributed by atoms with Gasteiger partial charge in [0.25, 0.3) is 5.91 Å². The monoisotopic (exact) mass is 526 g/mol. The molecule has 0 radical (unpaired) electrons. The van der Waals surface area contributed by atoms with Gasteiger partial charge in [-0.15, -0.1) is 5.10 Å². The first-order valence-electron chi connectivity index (χ1n) is 10.8. The summed E-state index contributed by atoms with van der Waals surface area (Å²) in [5, 5.41) is 13.5. The number of carbonyl (C=O) groups is 2. The fraction of sp³-hybridized carbons (Fsp3) is 0.208. The average molecular weight is 527 g/mol. The predicted molar refractivity (Wildman–Crippen MR) is 138 cm³/mol. The number of aliphatic imine (C=N–C) groups is 1. The van der Waals surface area contributed by atoms with E-state index in [1.807, 2.05) is 0 Å². The smallest absolute Gasteiger partial charge is 0.343 e. The van der Waals surface area contributed by atoms with Crippen molar-refractivity contribution in [1.82, 2.24) is 5.01 Å². The molecule has 1 N–H and O–H groups in total. The fourth-order valence-electron chi connectivity index (χ4n) is 3.33. The Labute approximate surface area is 212 Å². The Morgan fingerprint density at radius 2 is 1.89 bits per heavy atom. The zero-order chi connectivity index (χ0) is 26.0. The zero-order valence-corrected chi connectivity index (χ0v) is 21.2. The van der Waals surface area contributed by atoms with E-state index in [0.717, 1.165) is 16.8 Å². The van der Waals surface area contributed by atoms with Crippen molar-refractivity contribution in [3.8, 4) is 11.5 Å². The molecule has 0 spiro atoms. The maximum Gasteiger partial charge on any atom is 0.343 e. The number of nitrogens with one attached hydrogen (secondary N) is 1. The van der Waals surface area contributed by atoms with Crippen molar-refractivity contribution < 1.29 is 27.5 Å². The Kier molecular flexibility index (Phi) is 7.09. The van der Waals surface area contributed by atoms with E-state index >= 15 is 0 Å². The summed E-state index contributed by atoms with van der Waals surface area (Å²) >= 11 is 0.760. The molecule has 1 amide bonds. The highest BCUT2D eigenvalue weighted by atomic mass is 32.3. The molecule has 0 aromatic heterocycles. The predicted octanol–water partition coefficient (Wildman–Crippen LogP) is 3.56. The highest BCUT2D eigenvalue weighted by Crippen LogP contribution is 2.31. The van der Waals surface area contributed by atoms with Crippen LogP contribution in [-0.2, 0) is 14.6 Å². The summed E-state index contributed by atoms with van der Waals surface area (Å²) in [7, 11) is -2.16. The summed E-state index contributed by atoms with van der Waals surface area (Å²) in [5.41, 5.74) is 0.826. The van der Waals surface area contributed by atoms with Gasteiger partial charge in [0, 0.05) is 0 Å². The molecule has 12 heteroatoms. The number of amides is 1. The maximum atomic E-state index is 12.6. The second-order valence-electron chi connectivity index (χ2n) is 8.25. The minimum Gasteiger partial charge on any atom is -0.497 e. The van der Waals surface area contributed by atoms with Crippen LogP contribution in [0, 0.1) is 11.3 Å². The zero-order valence-electron chi connectivity index (χ0n) is 19.6. The molecule has 0 saturated heterocycles. The molecule has 186 valence electrons. The van der Waals surface area contributed by atoms with Crippen LogP contribution in [0.15, 0.2) is 64.2 Å². The van der Waals surface area contributed by atoms with Gasteiger partial charge in [0.1, 0.15) is 11.5 Å². The number of ether oxygens (including phenoxy) is 2.